The molecule has 0 aliphatic heterocycles. The van der Waals surface area contributed by atoms with E-state index in [1.54, 1.807) is 0 Å². The summed E-state index contributed by atoms with van der Waals surface area (Å²) in [5.41, 5.74) is 5.02. The third kappa shape index (κ3) is 1.62. The minimum atomic E-state index is 0.998. The van der Waals surface area contributed by atoms with E-state index in [4.69, 9.17) is 0 Å². The molecule has 3 aromatic rings. The predicted molar refractivity (Wildman–Crippen MR) is 70.0 cm³/mol. The fraction of sp³-hybridized carbons (Fsp3) is 0.133. The first-order valence-electron chi connectivity index (χ1n) is 5.89. The lowest BCUT2D eigenvalue weighted by Gasteiger charge is -2.10. The van der Waals surface area contributed by atoms with Crippen molar-refractivity contribution in [3.8, 4) is 11.1 Å². The Morgan fingerprint density at radius 2 is 1.88 bits per heavy atom. The minimum absolute atomic E-state index is 0.998. The normalized spacial score (nSPS) is 10.9. The van der Waals surface area contributed by atoms with E-state index >= 15 is 0 Å². The molecule has 1 aromatic carbocycles. The van der Waals surface area contributed by atoms with Crippen LogP contribution < -0.4 is 0 Å². The maximum atomic E-state index is 4.21. The second-order valence-electron chi connectivity index (χ2n) is 4.10. The van der Waals surface area contributed by atoms with Crippen LogP contribution in [0.2, 0.25) is 0 Å². The van der Waals surface area contributed by atoms with Crippen LogP contribution in [0.25, 0.3) is 16.6 Å². The third-order valence-corrected chi connectivity index (χ3v) is 3.11. The van der Waals surface area contributed by atoms with Crippen LogP contribution in [-0.2, 0) is 6.42 Å². The maximum absolute atomic E-state index is 4.21. The first-order chi connectivity index (χ1) is 8.40. The molecule has 0 atom stereocenters. The van der Waals surface area contributed by atoms with Crippen molar-refractivity contribution in [2.75, 3.05) is 0 Å². The highest BCUT2D eigenvalue weighted by molar-refractivity contribution is 5.69. The van der Waals surface area contributed by atoms with E-state index in [1.165, 1.54) is 16.8 Å². The summed E-state index contributed by atoms with van der Waals surface area (Å²) < 4.78 is 2.17. The van der Waals surface area contributed by atoms with Crippen molar-refractivity contribution >= 4 is 5.52 Å². The number of benzene rings is 1. The van der Waals surface area contributed by atoms with Gasteiger partial charge >= 0.3 is 0 Å². The average molecular weight is 222 g/mol. The van der Waals surface area contributed by atoms with E-state index in [0.29, 0.717) is 0 Å². The molecule has 2 aromatic heterocycles. The highest BCUT2D eigenvalue weighted by Crippen LogP contribution is 2.25. The van der Waals surface area contributed by atoms with Crippen LogP contribution in [0.1, 0.15) is 12.6 Å². The first kappa shape index (κ1) is 10.1. The Morgan fingerprint density at radius 3 is 2.65 bits per heavy atom. The van der Waals surface area contributed by atoms with Crippen molar-refractivity contribution in [1.82, 2.24) is 9.38 Å². The monoisotopic (exact) mass is 222 g/mol. The lowest BCUT2D eigenvalue weighted by Crippen LogP contribution is -1.97. The number of nitrogens with zero attached hydrogens (tertiary/aromatic N) is 2. The highest BCUT2D eigenvalue weighted by Gasteiger charge is 2.07. The van der Waals surface area contributed by atoms with Crippen molar-refractivity contribution < 1.29 is 0 Å². The molecular weight excluding hydrogens is 208 g/mol. The Morgan fingerprint density at radius 1 is 1.06 bits per heavy atom. The van der Waals surface area contributed by atoms with E-state index in [2.05, 4.69) is 52.7 Å². The summed E-state index contributed by atoms with van der Waals surface area (Å²) in [5, 5.41) is 0. The van der Waals surface area contributed by atoms with Gasteiger partial charge < -0.3 is 4.40 Å². The van der Waals surface area contributed by atoms with E-state index in [1.807, 2.05) is 18.6 Å². The molecule has 0 saturated heterocycles. The molecule has 17 heavy (non-hydrogen) atoms. The SMILES string of the molecule is CCc1c(-c2ccccc2)ccc2cncn12. The molecule has 84 valence electrons. The van der Waals surface area contributed by atoms with E-state index in [-0.39, 0.29) is 0 Å². The number of hydrogen-bond donors (Lipinski definition) is 0. The van der Waals surface area contributed by atoms with Gasteiger partial charge in [-0.15, -0.1) is 0 Å². The first-order valence-corrected chi connectivity index (χ1v) is 5.89. The van der Waals surface area contributed by atoms with Gasteiger partial charge in [-0.1, -0.05) is 43.3 Å². The average Bonchev–Trinajstić information content (AvgIpc) is 2.86. The molecule has 0 saturated carbocycles. The number of fused-ring (bicyclic) bond motifs is 1. The van der Waals surface area contributed by atoms with Gasteiger partial charge in [-0.2, -0.15) is 0 Å². The molecule has 2 heterocycles. The fourth-order valence-corrected chi connectivity index (χ4v) is 2.29. The van der Waals surface area contributed by atoms with Crippen molar-refractivity contribution in [3.63, 3.8) is 0 Å². The standard InChI is InChI=1S/C15H14N2/c1-2-15-14(12-6-4-3-5-7-12)9-8-13-10-16-11-17(13)15/h3-11H,2H2,1H3. The summed E-state index contributed by atoms with van der Waals surface area (Å²) in [6.45, 7) is 2.18. The van der Waals surface area contributed by atoms with Crippen molar-refractivity contribution in [2.24, 2.45) is 0 Å². The minimum Gasteiger partial charge on any atom is -0.303 e. The summed E-state index contributed by atoms with van der Waals surface area (Å²) in [6, 6.07) is 14.8. The van der Waals surface area contributed by atoms with Gasteiger partial charge in [0.2, 0.25) is 0 Å². The Balaban J connectivity index is 2.29. The topological polar surface area (TPSA) is 17.3 Å². The van der Waals surface area contributed by atoms with E-state index in [0.717, 1.165) is 11.9 Å². The number of imidazole rings is 1. The molecule has 0 aliphatic rings. The van der Waals surface area contributed by atoms with Gasteiger partial charge in [-0.05, 0) is 18.1 Å². The predicted octanol–water partition coefficient (Wildman–Crippen LogP) is 3.56. The van der Waals surface area contributed by atoms with Crippen molar-refractivity contribution in [2.45, 2.75) is 13.3 Å². The zero-order chi connectivity index (χ0) is 11.7. The number of aromatic nitrogens is 2. The highest BCUT2D eigenvalue weighted by atomic mass is 15.0. The molecular formula is C15H14N2. The van der Waals surface area contributed by atoms with Crippen molar-refractivity contribution in [3.05, 3.63) is 60.7 Å². The lowest BCUT2D eigenvalue weighted by molar-refractivity contribution is 0.976. The largest absolute Gasteiger partial charge is 0.303 e. The summed E-state index contributed by atoms with van der Waals surface area (Å²) in [5.74, 6) is 0. The molecule has 0 N–H and O–H groups in total. The number of aryl methyl sites for hydroxylation is 1. The van der Waals surface area contributed by atoms with Gasteiger partial charge in [0.25, 0.3) is 0 Å². The number of rotatable bonds is 2. The zero-order valence-electron chi connectivity index (χ0n) is 9.80. The lowest BCUT2D eigenvalue weighted by atomic mass is 10.0. The van der Waals surface area contributed by atoms with Gasteiger partial charge in [0, 0.05) is 11.3 Å². The maximum Gasteiger partial charge on any atom is 0.0994 e. The quantitative estimate of drug-likeness (QED) is 0.648. The fourth-order valence-electron chi connectivity index (χ4n) is 2.29. The second kappa shape index (κ2) is 4.06. The van der Waals surface area contributed by atoms with Gasteiger partial charge in [0.05, 0.1) is 18.0 Å². The third-order valence-electron chi connectivity index (χ3n) is 3.11. The second-order valence-corrected chi connectivity index (χ2v) is 4.10. The van der Waals surface area contributed by atoms with Crippen LogP contribution in [0, 0.1) is 0 Å². The van der Waals surface area contributed by atoms with Crippen LogP contribution in [0.3, 0.4) is 0 Å². The molecule has 0 fully saturated rings. The summed E-state index contributed by atoms with van der Waals surface area (Å²) in [7, 11) is 0. The Kier molecular flexibility index (Phi) is 2.41. The molecule has 0 bridgehead atoms. The molecule has 2 heteroatoms. The number of hydrogen-bond acceptors (Lipinski definition) is 1. The molecule has 0 spiro atoms. The van der Waals surface area contributed by atoms with Gasteiger partial charge in [0.15, 0.2) is 0 Å². The van der Waals surface area contributed by atoms with Crippen LogP contribution in [-0.4, -0.2) is 9.38 Å². The van der Waals surface area contributed by atoms with Gasteiger partial charge in [-0.3, -0.25) is 0 Å². The summed E-state index contributed by atoms with van der Waals surface area (Å²) in [4.78, 5) is 4.21. The summed E-state index contributed by atoms with van der Waals surface area (Å²) in [6.07, 6.45) is 4.78. The molecule has 0 amide bonds. The molecule has 0 aliphatic carbocycles. The molecule has 0 unspecified atom stereocenters. The molecule has 0 radical (unpaired) electrons. The van der Waals surface area contributed by atoms with Crippen molar-refractivity contribution in [1.29, 1.82) is 0 Å². The Hall–Kier alpha value is -2.09. The number of pyridine rings is 1. The van der Waals surface area contributed by atoms with Crippen LogP contribution in [0.15, 0.2) is 55.0 Å². The van der Waals surface area contributed by atoms with Gasteiger partial charge in [0.1, 0.15) is 0 Å². The summed E-state index contributed by atoms with van der Waals surface area (Å²) >= 11 is 0. The zero-order valence-corrected chi connectivity index (χ0v) is 9.80. The molecule has 3 rings (SSSR count). The Bertz CT molecular complexity index is 638. The van der Waals surface area contributed by atoms with Gasteiger partial charge in [-0.25, -0.2) is 4.98 Å². The van der Waals surface area contributed by atoms with Crippen LogP contribution in [0.5, 0.6) is 0 Å². The Labute approximate surface area is 101 Å². The van der Waals surface area contributed by atoms with Crippen LogP contribution >= 0.6 is 0 Å². The smallest absolute Gasteiger partial charge is 0.0994 e. The van der Waals surface area contributed by atoms with Crippen LogP contribution in [0.4, 0.5) is 0 Å². The van der Waals surface area contributed by atoms with E-state index < -0.39 is 0 Å². The molecule has 2 nitrogen and oxygen atoms in total. The van der Waals surface area contributed by atoms with E-state index in [9.17, 15) is 0 Å².